The van der Waals surface area contributed by atoms with Gasteiger partial charge < -0.3 is 10.1 Å². The summed E-state index contributed by atoms with van der Waals surface area (Å²) in [6.45, 7) is 3.71. The minimum absolute atomic E-state index is 0.696. The zero-order valence-corrected chi connectivity index (χ0v) is 13.5. The summed E-state index contributed by atoms with van der Waals surface area (Å²) >= 11 is 1.84. The van der Waals surface area contributed by atoms with E-state index in [4.69, 9.17) is 9.72 Å². The number of nitrogens with zero attached hydrogens (tertiary/aromatic N) is 1. The predicted molar refractivity (Wildman–Crippen MR) is 87.2 cm³/mol. The van der Waals surface area contributed by atoms with Crippen LogP contribution in [0.4, 0.5) is 0 Å². The van der Waals surface area contributed by atoms with Gasteiger partial charge in [-0.25, -0.2) is 4.98 Å². The number of aromatic nitrogens is 1. The molecule has 0 spiro atoms. The molecule has 3 rings (SSSR count). The SMILES string of the molecule is CNCc1sc(CCOc2ccccc2C)nc1C1CC1. The van der Waals surface area contributed by atoms with Crippen LogP contribution in [0.1, 0.15) is 39.9 Å². The molecule has 0 bridgehead atoms. The highest BCUT2D eigenvalue weighted by molar-refractivity contribution is 7.11. The molecule has 0 atom stereocenters. The molecule has 4 heteroatoms. The van der Waals surface area contributed by atoms with Crippen LogP contribution >= 0.6 is 11.3 Å². The fourth-order valence-electron chi connectivity index (χ4n) is 2.45. The Morgan fingerprint density at radius 1 is 1.33 bits per heavy atom. The third kappa shape index (κ3) is 3.63. The summed E-state index contributed by atoms with van der Waals surface area (Å²) in [5.41, 5.74) is 2.52. The van der Waals surface area contributed by atoms with Crippen LogP contribution in [0.5, 0.6) is 5.75 Å². The predicted octanol–water partition coefficient (Wildman–Crippen LogP) is 3.67. The molecule has 1 aromatic heterocycles. The molecule has 3 nitrogen and oxygen atoms in total. The van der Waals surface area contributed by atoms with Gasteiger partial charge >= 0.3 is 0 Å². The Bertz CT molecular complexity index is 605. The minimum atomic E-state index is 0.696. The van der Waals surface area contributed by atoms with Crippen molar-refractivity contribution >= 4 is 11.3 Å². The molecule has 1 saturated carbocycles. The molecule has 1 N–H and O–H groups in total. The zero-order valence-electron chi connectivity index (χ0n) is 12.7. The molecular formula is C17H22N2OS. The molecule has 21 heavy (non-hydrogen) atoms. The lowest BCUT2D eigenvalue weighted by atomic mass is 10.2. The van der Waals surface area contributed by atoms with E-state index in [1.807, 2.05) is 36.6 Å². The van der Waals surface area contributed by atoms with Crippen LogP contribution in [-0.2, 0) is 13.0 Å². The number of aryl methyl sites for hydroxylation is 1. The maximum absolute atomic E-state index is 5.88. The van der Waals surface area contributed by atoms with Crippen molar-refractivity contribution in [3.8, 4) is 5.75 Å². The maximum Gasteiger partial charge on any atom is 0.122 e. The second-order valence-electron chi connectivity index (χ2n) is 5.58. The normalized spacial score (nSPS) is 14.4. The molecule has 1 fully saturated rings. The lowest BCUT2D eigenvalue weighted by Gasteiger charge is -2.07. The Morgan fingerprint density at radius 2 is 2.14 bits per heavy atom. The molecule has 2 aromatic rings. The first kappa shape index (κ1) is 14.5. The average molecular weight is 302 g/mol. The molecule has 1 aromatic carbocycles. The topological polar surface area (TPSA) is 34.1 Å². The minimum Gasteiger partial charge on any atom is -0.493 e. The summed E-state index contributed by atoms with van der Waals surface area (Å²) in [6.07, 6.45) is 3.50. The first-order chi connectivity index (χ1) is 10.3. The second kappa shape index (κ2) is 6.58. The number of hydrogen-bond acceptors (Lipinski definition) is 4. The first-order valence-electron chi connectivity index (χ1n) is 7.59. The van der Waals surface area contributed by atoms with E-state index < -0.39 is 0 Å². The lowest BCUT2D eigenvalue weighted by Crippen LogP contribution is -2.05. The average Bonchev–Trinajstić information content (AvgIpc) is 3.24. The summed E-state index contributed by atoms with van der Waals surface area (Å²) in [6, 6.07) is 8.16. The van der Waals surface area contributed by atoms with Crippen molar-refractivity contribution in [2.75, 3.05) is 13.7 Å². The summed E-state index contributed by atoms with van der Waals surface area (Å²) < 4.78 is 5.88. The monoisotopic (exact) mass is 302 g/mol. The third-order valence-electron chi connectivity index (χ3n) is 3.74. The molecule has 0 unspecified atom stereocenters. The van der Waals surface area contributed by atoms with Crippen LogP contribution in [0.15, 0.2) is 24.3 Å². The summed E-state index contributed by atoms with van der Waals surface area (Å²) in [4.78, 5) is 6.25. The van der Waals surface area contributed by atoms with E-state index in [9.17, 15) is 0 Å². The van der Waals surface area contributed by atoms with Gasteiger partial charge in [0, 0.05) is 23.8 Å². The summed E-state index contributed by atoms with van der Waals surface area (Å²) in [5, 5.41) is 4.45. The van der Waals surface area contributed by atoms with Crippen molar-refractivity contribution in [2.24, 2.45) is 0 Å². The maximum atomic E-state index is 5.88. The number of rotatable bonds is 7. The van der Waals surface area contributed by atoms with Gasteiger partial charge in [-0.15, -0.1) is 11.3 Å². The van der Waals surface area contributed by atoms with E-state index in [0.717, 1.165) is 24.6 Å². The van der Waals surface area contributed by atoms with Gasteiger partial charge in [0.2, 0.25) is 0 Å². The van der Waals surface area contributed by atoms with Gasteiger partial charge in [0.15, 0.2) is 0 Å². The summed E-state index contributed by atoms with van der Waals surface area (Å²) in [7, 11) is 2.00. The Morgan fingerprint density at radius 3 is 2.86 bits per heavy atom. The van der Waals surface area contributed by atoms with Gasteiger partial charge in [-0.1, -0.05) is 18.2 Å². The van der Waals surface area contributed by atoms with E-state index in [1.54, 1.807) is 0 Å². The molecular weight excluding hydrogens is 280 g/mol. The van der Waals surface area contributed by atoms with E-state index in [1.165, 1.54) is 34.0 Å². The van der Waals surface area contributed by atoms with E-state index >= 15 is 0 Å². The Hall–Kier alpha value is -1.39. The molecule has 0 saturated heterocycles. The first-order valence-corrected chi connectivity index (χ1v) is 8.41. The smallest absolute Gasteiger partial charge is 0.122 e. The number of ether oxygens (including phenoxy) is 1. The summed E-state index contributed by atoms with van der Waals surface area (Å²) in [5.74, 6) is 1.70. The number of benzene rings is 1. The van der Waals surface area contributed by atoms with E-state index in [-0.39, 0.29) is 0 Å². The zero-order chi connectivity index (χ0) is 14.7. The van der Waals surface area contributed by atoms with Gasteiger partial charge in [-0.05, 0) is 38.4 Å². The quantitative estimate of drug-likeness (QED) is 0.847. The number of nitrogens with one attached hydrogen (secondary N) is 1. The highest BCUT2D eigenvalue weighted by Gasteiger charge is 2.29. The standard InChI is InChI=1S/C17H22N2OS/c1-12-5-3-4-6-14(12)20-10-9-16-19-17(13-7-8-13)15(21-16)11-18-2/h3-6,13,18H,7-11H2,1-2H3. The van der Waals surface area contributed by atoms with Crippen LogP contribution in [0.2, 0.25) is 0 Å². The fourth-order valence-corrected chi connectivity index (χ4v) is 3.60. The van der Waals surface area contributed by atoms with Crippen LogP contribution in [0.25, 0.3) is 0 Å². The Labute approximate surface area is 130 Å². The van der Waals surface area contributed by atoms with Crippen molar-refractivity contribution < 1.29 is 4.74 Å². The van der Waals surface area contributed by atoms with Gasteiger partial charge in [-0.2, -0.15) is 0 Å². The lowest BCUT2D eigenvalue weighted by molar-refractivity contribution is 0.319. The van der Waals surface area contributed by atoms with Crippen LogP contribution in [-0.4, -0.2) is 18.6 Å². The van der Waals surface area contributed by atoms with Crippen molar-refractivity contribution in [1.29, 1.82) is 0 Å². The molecule has 112 valence electrons. The third-order valence-corrected chi connectivity index (χ3v) is 4.87. The fraction of sp³-hybridized carbons (Fsp3) is 0.471. The van der Waals surface area contributed by atoms with Gasteiger partial charge in [0.25, 0.3) is 0 Å². The number of para-hydroxylation sites is 1. The van der Waals surface area contributed by atoms with Crippen molar-refractivity contribution in [3.05, 3.63) is 45.4 Å². The second-order valence-corrected chi connectivity index (χ2v) is 6.75. The number of hydrogen-bond donors (Lipinski definition) is 1. The van der Waals surface area contributed by atoms with Gasteiger partial charge in [0.1, 0.15) is 5.75 Å². The molecule has 0 radical (unpaired) electrons. The van der Waals surface area contributed by atoms with Crippen LogP contribution in [0, 0.1) is 6.92 Å². The Kier molecular flexibility index (Phi) is 4.56. The highest BCUT2D eigenvalue weighted by atomic mass is 32.1. The van der Waals surface area contributed by atoms with E-state index in [0.29, 0.717) is 6.61 Å². The Balaban J connectivity index is 1.60. The molecule has 0 aliphatic heterocycles. The molecule has 0 amide bonds. The van der Waals surface area contributed by atoms with Crippen molar-refractivity contribution in [2.45, 2.75) is 38.6 Å². The number of thiazole rings is 1. The molecule has 1 heterocycles. The largest absolute Gasteiger partial charge is 0.493 e. The highest BCUT2D eigenvalue weighted by Crippen LogP contribution is 2.42. The molecule has 1 aliphatic carbocycles. The van der Waals surface area contributed by atoms with Gasteiger partial charge in [-0.3, -0.25) is 0 Å². The van der Waals surface area contributed by atoms with Crippen LogP contribution in [0.3, 0.4) is 0 Å². The van der Waals surface area contributed by atoms with Crippen molar-refractivity contribution in [1.82, 2.24) is 10.3 Å². The van der Waals surface area contributed by atoms with Gasteiger partial charge in [0.05, 0.1) is 17.3 Å². The van der Waals surface area contributed by atoms with E-state index in [2.05, 4.69) is 18.3 Å². The molecule has 1 aliphatic rings. The van der Waals surface area contributed by atoms with Crippen LogP contribution < -0.4 is 10.1 Å². The van der Waals surface area contributed by atoms with Crippen molar-refractivity contribution in [3.63, 3.8) is 0 Å².